The van der Waals surface area contributed by atoms with E-state index in [9.17, 15) is 13.6 Å². The van der Waals surface area contributed by atoms with E-state index in [2.05, 4.69) is 15.3 Å². The number of hydrogen-bond donors (Lipinski definition) is 1. The number of nitrogens with one attached hydrogen (secondary N) is 1. The molecule has 0 radical (unpaired) electrons. The van der Waals surface area contributed by atoms with E-state index in [0.29, 0.717) is 12.5 Å². The molecule has 0 aromatic carbocycles. The highest BCUT2D eigenvalue weighted by molar-refractivity contribution is 5.88. The Bertz CT molecular complexity index is 640. The number of amides is 1. The molecule has 0 aliphatic carbocycles. The summed E-state index contributed by atoms with van der Waals surface area (Å²) in [5.74, 6) is 0.722. The van der Waals surface area contributed by atoms with E-state index in [1.165, 1.54) is 12.4 Å². The van der Waals surface area contributed by atoms with Gasteiger partial charge in [0.2, 0.25) is 5.91 Å². The van der Waals surface area contributed by atoms with Crippen LogP contribution in [0.2, 0.25) is 0 Å². The van der Waals surface area contributed by atoms with Gasteiger partial charge in [0.1, 0.15) is 5.82 Å². The number of halogens is 2. The molecule has 140 valence electrons. The fourth-order valence-electron chi connectivity index (χ4n) is 3.46. The third-order valence-corrected chi connectivity index (χ3v) is 4.22. The van der Waals surface area contributed by atoms with Gasteiger partial charge in [-0.05, 0) is 27.7 Å². The van der Waals surface area contributed by atoms with Crippen molar-refractivity contribution in [3.05, 3.63) is 18.2 Å². The van der Waals surface area contributed by atoms with Crippen molar-refractivity contribution < 1.29 is 13.6 Å². The third kappa shape index (κ3) is 4.08. The second-order valence-corrected chi connectivity index (χ2v) is 6.96. The van der Waals surface area contributed by atoms with Gasteiger partial charge in [0, 0.05) is 32.0 Å². The summed E-state index contributed by atoms with van der Waals surface area (Å²) in [4.78, 5) is 24.4. The van der Waals surface area contributed by atoms with Crippen LogP contribution in [-0.4, -0.2) is 62.9 Å². The molecule has 0 unspecified atom stereocenters. The van der Waals surface area contributed by atoms with Crippen molar-refractivity contribution >= 4 is 11.9 Å². The summed E-state index contributed by atoms with van der Waals surface area (Å²) in [6.45, 7) is 6.25. The Kier molecular flexibility index (Phi) is 5.64. The fraction of sp³-hybridized carbons (Fsp3) is 0.688. The zero-order valence-corrected chi connectivity index (χ0v) is 15.3. The smallest absolute Gasteiger partial charge is 0.319 e. The van der Waals surface area contributed by atoms with E-state index < -0.39 is 6.55 Å². The minimum absolute atomic E-state index is 0.0169. The number of imidazole rings is 1. The molecule has 1 saturated heterocycles. The highest BCUT2D eigenvalue weighted by Gasteiger charge is 2.40. The predicted octanol–water partition coefficient (Wildman–Crippen LogP) is 1.68. The highest BCUT2D eigenvalue weighted by atomic mass is 19.3. The van der Waals surface area contributed by atoms with Crippen molar-refractivity contribution in [3.8, 4) is 0 Å². The molecule has 9 heteroatoms. The fourth-order valence-corrected chi connectivity index (χ4v) is 3.46. The Hall–Kier alpha value is -2.19. The summed E-state index contributed by atoms with van der Waals surface area (Å²) in [7, 11) is 1.61. The number of guanidine groups is 1. The Morgan fingerprint density at radius 3 is 2.64 bits per heavy atom. The SMILES string of the molecule is CN=C(NCc1nccn1C(F)F)N1CC(=O)N(C(C)C)C(C)(C)C1. The van der Waals surface area contributed by atoms with Crippen molar-refractivity contribution in [2.75, 3.05) is 20.1 Å². The van der Waals surface area contributed by atoms with E-state index in [1.54, 1.807) is 7.05 Å². The van der Waals surface area contributed by atoms with Crippen LogP contribution in [0.3, 0.4) is 0 Å². The quantitative estimate of drug-likeness (QED) is 0.659. The van der Waals surface area contributed by atoms with Crippen molar-refractivity contribution in [1.29, 1.82) is 0 Å². The number of alkyl halides is 2. The first kappa shape index (κ1) is 19.1. The van der Waals surface area contributed by atoms with Crippen LogP contribution in [-0.2, 0) is 11.3 Å². The van der Waals surface area contributed by atoms with Gasteiger partial charge in [0.05, 0.1) is 18.6 Å². The number of carbonyl (C=O) groups excluding carboxylic acids is 1. The van der Waals surface area contributed by atoms with Crippen LogP contribution in [0.4, 0.5) is 8.78 Å². The first-order valence-electron chi connectivity index (χ1n) is 8.25. The minimum Gasteiger partial charge on any atom is -0.349 e. The molecule has 1 aromatic heterocycles. The summed E-state index contributed by atoms with van der Waals surface area (Å²) >= 11 is 0. The maximum Gasteiger partial charge on any atom is 0.319 e. The van der Waals surface area contributed by atoms with Crippen LogP contribution in [0.1, 0.15) is 40.1 Å². The largest absolute Gasteiger partial charge is 0.349 e. The van der Waals surface area contributed by atoms with Crippen LogP contribution in [0.15, 0.2) is 17.4 Å². The topological polar surface area (TPSA) is 65.8 Å². The first-order chi connectivity index (χ1) is 11.7. The van der Waals surface area contributed by atoms with Gasteiger partial charge < -0.3 is 15.1 Å². The van der Waals surface area contributed by atoms with E-state index in [-0.39, 0.29) is 36.4 Å². The maximum absolute atomic E-state index is 12.9. The molecule has 1 fully saturated rings. The molecule has 0 bridgehead atoms. The summed E-state index contributed by atoms with van der Waals surface area (Å²) in [6, 6.07) is 0.109. The maximum atomic E-state index is 12.9. The minimum atomic E-state index is -2.64. The molecule has 25 heavy (non-hydrogen) atoms. The number of nitrogens with zero attached hydrogens (tertiary/aromatic N) is 5. The standard InChI is InChI=1S/C16H26F2N6O/c1-11(2)24-13(25)9-22(10-16(24,3)4)15(19-5)21-8-12-20-6-7-23(12)14(17)18/h6-7,11,14H,8-10H2,1-5H3,(H,19,21). The normalized spacial score (nSPS) is 18.4. The van der Waals surface area contributed by atoms with Gasteiger partial charge in [-0.15, -0.1) is 0 Å². The van der Waals surface area contributed by atoms with Crippen LogP contribution in [0.5, 0.6) is 0 Å². The molecule has 1 N–H and O–H groups in total. The van der Waals surface area contributed by atoms with Gasteiger partial charge in [0.15, 0.2) is 5.96 Å². The van der Waals surface area contributed by atoms with Crippen molar-refractivity contribution in [2.24, 2.45) is 4.99 Å². The van der Waals surface area contributed by atoms with Crippen molar-refractivity contribution in [1.82, 2.24) is 24.7 Å². The summed E-state index contributed by atoms with van der Waals surface area (Å²) in [5.41, 5.74) is -0.359. The number of rotatable bonds is 4. The van der Waals surface area contributed by atoms with Crippen LogP contribution < -0.4 is 5.32 Å². The molecule has 2 rings (SSSR count). The zero-order chi connectivity index (χ0) is 18.8. The number of hydrogen-bond acceptors (Lipinski definition) is 3. The lowest BCUT2D eigenvalue weighted by Crippen LogP contribution is -2.66. The monoisotopic (exact) mass is 356 g/mol. The third-order valence-electron chi connectivity index (χ3n) is 4.22. The molecule has 1 aliphatic rings. The molecule has 1 aromatic rings. The van der Waals surface area contributed by atoms with Crippen LogP contribution in [0, 0.1) is 0 Å². The van der Waals surface area contributed by atoms with E-state index >= 15 is 0 Å². The number of carbonyl (C=O) groups is 1. The average Bonchev–Trinajstić information content (AvgIpc) is 2.94. The van der Waals surface area contributed by atoms with E-state index in [4.69, 9.17) is 0 Å². The molecular weight excluding hydrogens is 330 g/mol. The first-order valence-corrected chi connectivity index (χ1v) is 8.25. The Morgan fingerprint density at radius 1 is 1.44 bits per heavy atom. The second kappa shape index (κ2) is 7.37. The lowest BCUT2D eigenvalue weighted by molar-refractivity contribution is -0.145. The second-order valence-electron chi connectivity index (χ2n) is 6.96. The molecule has 1 aliphatic heterocycles. The zero-order valence-electron chi connectivity index (χ0n) is 15.3. The molecule has 0 atom stereocenters. The number of aliphatic imine (C=N–C) groups is 1. The van der Waals surface area contributed by atoms with Crippen LogP contribution >= 0.6 is 0 Å². The van der Waals surface area contributed by atoms with Gasteiger partial charge in [-0.25, -0.2) is 4.98 Å². The summed E-state index contributed by atoms with van der Waals surface area (Å²) < 4.78 is 26.6. The Morgan fingerprint density at radius 2 is 2.12 bits per heavy atom. The molecule has 1 amide bonds. The Labute approximate surface area is 146 Å². The van der Waals surface area contributed by atoms with Crippen molar-refractivity contribution in [2.45, 2.75) is 52.4 Å². The van der Waals surface area contributed by atoms with Gasteiger partial charge in [0.25, 0.3) is 0 Å². The Balaban J connectivity index is 2.09. The molecular formula is C16H26F2N6O. The highest BCUT2D eigenvalue weighted by Crippen LogP contribution is 2.24. The van der Waals surface area contributed by atoms with Crippen molar-refractivity contribution in [3.63, 3.8) is 0 Å². The lowest BCUT2D eigenvalue weighted by Gasteiger charge is -2.49. The van der Waals surface area contributed by atoms with Crippen LogP contribution in [0.25, 0.3) is 0 Å². The van der Waals surface area contributed by atoms with Gasteiger partial charge >= 0.3 is 6.55 Å². The summed E-state index contributed by atoms with van der Waals surface area (Å²) in [5, 5.41) is 3.03. The number of aromatic nitrogens is 2. The van der Waals surface area contributed by atoms with Gasteiger partial charge in [-0.1, -0.05) is 0 Å². The predicted molar refractivity (Wildman–Crippen MR) is 91.3 cm³/mol. The van der Waals surface area contributed by atoms with E-state index in [1.807, 2.05) is 37.5 Å². The lowest BCUT2D eigenvalue weighted by atomic mass is 9.96. The van der Waals surface area contributed by atoms with Gasteiger partial charge in [-0.3, -0.25) is 14.4 Å². The number of piperazine rings is 1. The molecule has 7 nitrogen and oxygen atoms in total. The molecule has 0 saturated carbocycles. The summed E-state index contributed by atoms with van der Waals surface area (Å²) in [6.07, 6.45) is 2.57. The van der Waals surface area contributed by atoms with Gasteiger partial charge in [-0.2, -0.15) is 8.78 Å². The van der Waals surface area contributed by atoms with E-state index in [0.717, 1.165) is 4.57 Å². The molecule has 0 spiro atoms. The molecule has 2 heterocycles. The average molecular weight is 356 g/mol.